The summed E-state index contributed by atoms with van der Waals surface area (Å²) in [4.78, 5) is 29.7. The molecule has 1 aliphatic heterocycles. The van der Waals surface area contributed by atoms with Gasteiger partial charge in [-0.3, -0.25) is 4.79 Å². The molecule has 0 saturated carbocycles. The van der Waals surface area contributed by atoms with E-state index in [4.69, 9.17) is 14.2 Å². The second kappa shape index (κ2) is 12.5. The number of rotatable bonds is 8. The molecular formula is C26H33FN2O6. The Hall–Kier alpha value is -3.20. The molecule has 9 heteroatoms. The van der Waals surface area contributed by atoms with Crippen molar-refractivity contribution in [2.75, 3.05) is 13.7 Å². The van der Waals surface area contributed by atoms with Crippen molar-refractivity contribution in [3.05, 3.63) is 53.6 Å². The zero-order valence-corrected chi connectivity index (χ0v) is 20.3. The summed E-state index contributed by atoms with van der Waals surface area (Å²) < 4.78 is 30.3. The van der Waals surface area contributed by atoms with E-state index in [9.17, 15) is 19.1 Å². The maximum atomic E-state index is 13.4. The van der Waals surface area contributed by atoms with E-state index in [0.29, 0.717) is 25.9 Å². The Kier molecular flexibility index (Phi) is 9.42. The molecule has 1 amide bonds. The molecule has 1 aromatic heterocycles. The van der Waals surface area contributed by atoms with Gasteiger partial charge in [0.2, 0.25) is 0 Å². The lowest BCUT2D eigenvalue weighted by Crippen LogP contribution is -2.44. The molecule has 3 rings (SSSR count). The zero-order valence-electron chi connectivity index (χ0n) is 20.3. The van der Waals surface area contributed by atoms with Crippen molar-refractivity contribution in [1.29, 1.82) is 0 Å². The van der Waals surface area contributed by atoms with Crippen LogP contribution in [0.25, 0.3) is 0 Å². The van der Waals surface area contributed by atoms with Crippen LogP contribution in [0.2, 0.25) is 0 Å². The SMILES string of the molecule is CCCO[C@@H]1[C@@H](Cc2ccc(F)cc2)CCC[C@H](NC(=O)c2nccc(OC)c2O)C(=O)O[C@H]1C. The van der Waals surface area contributed by atoms with Crippen LogP contribution in [-0.2, 0) is 20.7 Å². The highest BCUT2D eigenvalue weighted by Crippen LogP contribution is 2.29. The van der Waals surface area contributed by atoms with Crippen molar-refractivity contribution in [2.45, 2.75) is 64.2 Å². The Labute approximate surface area is 204 Å². The monoisotopic (exact) mass is 488 g/mol. The third-order valence-electron chi connectivity index (χ3n) is 6.13. The summed E-state index contributed by atoms with van der Waals surface area (Å²) in [5, 5.41) is 12.9. The van der Waals surface area contributed by atoms with Crippen molar-refractivity contribution in [1.82, 2.24) is 10.3 Å². The van der Waals surface area contributed by atoms with Crippen molar-refractivity contribution in [3.8, 4) is 11.5 Å². The molecule has 0 unspecified atom stereocenters. The number of esters is 1. The topological polar surface area (TPSA) is 107 Å². The van der Waals surface area contributed by atoms with Crippen LogP contribution in [0.4, 0.5) is 4.39 Å². The molecule has 2 N–H and O–H groups in total. The Bertz CT molecular complexity index is 1000. The van der Waals surface area contributed by atoms with Gasteiger partial charge in [0.25, 0.3) is 5.91 Å². The number of nitrogens with zero attached hydrogens (tertiary/aromatic N) is 1. The van der Waals surface area contributed by atoms with Crippen molar-refractivity contribution < 1.29 is 33.3 Å². The third-order valence-corrected chi connectivity index (χ3v) is 6.13. The van der Waals surface area contributed by atoms with E-state index >= 15 is 0 Å². The highest BCUT2D eigenvalue weighted by molar-refractivity contribution is 5.97. The second-order valence-electron chi connectivity index (χ2n) is 8.74. The fourth-order valence-corrected chi connectivity index (χ4v) is 4.37. The molecule has 2 heterocycles. The van der Waals surface area contributed by atoms with Gasteiger partial charge in [-0.25, -0.2) is 14.2 Å². The number of benzene rings is 1. The molecule has 4 atom stereocenters. The summed E-state index contributed by atoms with van der Waals surface area (Å²) in [5.41, 5.74) is 0.743. The van der Waals surface area contributed by atoms with E-state index in [0.717, 1.165) is 18.4 Å². The van der Waals surface area contributed by atoms with Crippen molar-refractivity contribution >= 4 is 11.9 Å². The summed E-state index contributed by atoms with van der Waals surface area (Å²) in [7, 11) is 1.37. The maximum Gasteiger partial charge on any atom is 0.329 e. The van der Waals surface area contributed by atoms with Crippen LogP contribution < -0.4 is 10.1 Å². The lowest BCUT2D eigenvalue weighted by atomic mass is 9.87. The molecule has 2 aromatic rings. The molecule has 1 aliphatic rings. The average molecular weight is 489 g/mol. The van der Waals surface area contributed by atoms with Gasteiger partial charge in [0.1, 0.15) is 18.0 Å². The largest absolute Gasteiger partial charge is 0.503 e. The quantitative estimate of drug-likeness (QED) is 0.544. The van der Waals surface area contributed by atoms with Crippen LogP contribution in [0.15, 0.2) is 36.5 Å². The highest BCUT2D eigenvalue weighted by atomic mass is 19.1. The van der Waals surface area contributed by atoms with E-state index in [2.05, 4.69) is 10.3 Å². The minimum absolute atomic E-state index is 0.0355. The van der Waals surface area contributed by atoms with Gasteiger partial charge in [-0.05, 0) is 56.2 Å². The van der Waals surface area contributed by atoms with Gasteiger partial charge in [0.15, 0.2) is 17.2 Å². The van der Waals surface area contributed by atoms with Gasteiger partial charge in [-0.2, -0.15) is 0 Å². The van der Waals surface area contributed by atoms with Crippen LogP contribution >= 0.6 is 0 Å². The Morgan fingerprint density at radius 2 is 2.00 bits per heavy atom. The lowest BCUT2D eigenvalue weighted by Gasteiger charge is -2.31. The fourth-order valence-electron chi connectivity index (χ4n) is 4.37. The van der Waals surface area contributed by atoms with Crippen LogP contribution in [0, 0.1) is 11.7 Å². The lowest BCUT2D eigenvalue weighted by molar-refractivity contribution is -0.160. The minimum Gasteiger partial charge on any atom is -0.503 e. The number of aromatic nitrogens is 1. The van der Waals surface area contributed by atoms with Crippen molar-refractivity contribution in [2.24, 2.45) is 5.92 Å². The summed E-state index contributed by atoms with van der Waals surface area (Å²) in [6, 6.07) is 6.90. The first kappa shape index (κ1) is 26.4. The highest BCUT2D eigenvalue weighted by Gasteiger charge is 2.35. The number of methoxy groups -OCH3 is 1. The first-order chi connectivity index (χ1) is 16.8. The molecule has 0 aliphatic carbocycles. The number of cyclic esters (lactones) is 1. The predicted molar refractivity (Wildman–Crippen MR) is 127 cm³/mol. The standard InChI is InChI=1S/C26H33FN2O6/c1-4-14-34-24-16(2)35-26(32)20(29-25(31)22-23(30)21(33-3)12-13-28-22)7-5-6-18(24)15-17-8-10-19(27)11-9-17/h8-13,16,18,20,24,30H,4-7,14-15H2,1-3H3,(H,29,31)/t16-,18+,20-,24-/m0/s1. The zero-order chi connectivity index (χ0) is 25.4. The van der Waals surface area contributed by atoms with E-state index < -0.39 is 29.8 Å². The molecule has 1 saturated heterocycles. The van der Waals surface area contributed by atoms with Crippen LogP contribution in [-0.4, -0.2) is 53.9 Å². The summed E-state index contributed by atoms with van der Waals surface area (Å²) in [5.74, 6) is -1.81. The third kappa shape index (κ3) is 6.91. The number of pyridine rings is 1. The van der Waals surface area contributed by atoms with Crippen molar-refractivity contribution in [3.63, 3.8) is 0 Å². The van der Waals surface area contributed by atoms with Crippen LogP contribution in [0.3, 0.4) is 0 Å². The van der Waals surface area contributed by atoms with Gasteiger partial charge in [0.05, 0.1) is 13.2 Å². The molecule has 1 aromatic carbocycles. The van der Waals surface area contributed by atoms with E-state index in [1.165, 1.54) is 31.5 Å². The predicted octanol–water partition coefficient (Wildman–Crippen LogP) is 3.80. The maximum absolute atomic E-state index is 13.4. The Morgan fingerprint density at radius 3 is 2.69 bits per heavy atom. The van der Waals surface area contributed by atoms with Crippen LogP contribution in [0.5, 0.6) is 11.5 Å². The first-order valence-electron chi connectivity index (χ1n) is 11.9. The smallest absolute Gasteiger partial charge is 0.329 e. The van der Waals surface area contributed by atoms with Gasteiger partial charge >= 0.3 is 5.97 Å². The van der Waals surface area contributed by atoms with E-state index in [1.54, 1.807) is 19.1 Å². The van der Waals surface area contributed by atoms with E-state index in [-0.39, 0.29) is 29.3 Å². The molecule has 0 spiro atoms. The number of carbonyl (C=O) groups excluding carboxylic acids is 2. The Balaban J connectivity index is 1.77. The number of nitrogens with one attached hydrogen (secondary N) is 1. The number of halogens is 1. The van der Waals surface area contributed by atoms with Gasteiger partial charge < -0.3 is 24.6 Å². The normalized spacial score (nSPS) is 22.9. The van der Waals surface area contributed by atoms with Crippen LogP contribution in [0.1, 0.15) is 55.6 Å². The summed E-state index contributed by atoms with van der Waals surface area (Å²) in [6.07, 6.45) is 3.60. The molecule has 0 radical (unpaired) electrons. The van der Waals surface area contributed by atoms with Gasteiger partial charge in [0, 0.05) is 18.9 Å². The fraction of sp³-hybridized carbons (Fsp3) is 0.500. The average Bonchev–Trinajstić information content (AvgIpc) is 2.88. The number of aromatic hydroxyl groups is 1. The first-order valence-corrected chi connectivity index (χ1v) is 11.9. The Morgan fingerprint density at radius 1 is 1.26 bits per heavy atom. The minimum atomic E-state index is -0.909. The molecule has 8 nitrogen and oxygen atoms in total. The van der Waals surface area contributed by atoms with Gasteiger partial charge in [-0.15, -0.1) is 0 Å². The number of hydrogen-bond acceptors (Lipinski definition) is 7. The molecular weight excluding hydrogens is 455 g/mol. The molecule has 35 heavy (non-hydrogen) atoms. The number of hydrogen-bond donors (Lipinski definition) is 2. The molecule has 0 bridgehead atoms. The number of amides is 1. The summed E-state index contributed by atoms with van der Waals surface area (Å²) in [6.45, 7) is 4.32. The van der Waals surface area contributed by atoms with Gasteiger partial charge in [-0.1, -0.05) is 25.5 Å². The molecule has 190 valence electrons. The number of carbonyl (C=O) groups is 2. The second-order valence-corrected chi connectivity index (χ2v) is 8.74. The number of ether oxygens (including phenoxy) is 3. The molecule has 1 fully saturated rings. The summed E-state index contributed by atoms with van der Waals surface area (Å²) >= 11 is 0. The van der Waals surface area contributed by atoms with E-state index in [1.807, 2.05) is 6.92 Å².